The van der Waals surface area contributed by atoms with Crippen molar-refractivity contribution in [1.82, 2.24) is 9.47 Å². The number of hydrogen-bond donors (Lipinski definition) is 0. The molecule has 0 aliphatic carbocycles. The monoisotopic (exact) mass is 404 g/mol. The van der Waals surface area contributed by atoms with E-state index >= 15 is 0 Å². The van der Waals surface area contributed by atoms with Crippen LogP contribution in [0.3, 0.4) is 0 Å². The third-order valence-electron chi connectivity index (χ3n) is 4.63. The van der Waals surface area contributed by atoms with Gasteiger partial charge in [-0.15, -0.1) is 0 Å². The van der Waals surface area contributed by atoms with Crippen molar-refractivity contribution in [3.05, 3.63) is 56.7 Å². The quantitative estimate of drug-likeness (QED) is 0.675. The summed E-state index contributed by atoms with van der Waals surface area (Å²) < 4.78 is 7.09. The number of amides is 2. The van der Waals surface area contributed by atoms with Crippen molar-refractivity contribution in [2.45, 2.75) is 20.8 Å². The summed E-state index contributed by atoms with van der Waals surface area (Å²) in [6.07, 6.45) is 1.79. The molecule has 1 aliphatic heterocycles. The summed E-state index contributed by atoms with van der Waals surface area (Å²) in [6, 6.07) is 7.82. The summed E-state index contributed by atoms with van der Waals surface area (Å²) in [6.45, 7) is 6.58. The molecular formula is C20H21ClN2O3S. The van der Waals surface area contributed by atoms with E-state index in [4.69, 9.17) is 16.3 Å². The maximum atomic E-state index is 12.5. The molecule has 2 aromatic rings. The fourth-order valence-corrected chi connectivity index (χ4v) is 4.18. The number of nitrogens with zero attached hydrogens (tertiary/aromatic N) is 2. The Morgan fingerprint density at radius 3 is 2.67 bits per heavy atom. The highest BCUT2D eigenvalue weighted by molar-refractivity contribution is 8.18. The van der Waals surface area contributed by atoms with Crippen LogP contribution in [-0.4, -0.2) is 40.9 Å². The molecule has 1 aromatic heterocycles. The lowest BCUT2D eigenvalue weighted by atomic mass is 10.2. The molecular weight excluding hydrogens is 384 g/mol. The molecule has 7 heteroatoms. The van der Waals surface area contributed by atoms with Crippen molar-refractivity contribution < 1.29 is 14.3 Å². The van der Waals surface area contributed by atoms with Crippen LogP contribution in [0.4, 0.5) is 4.79 Å². The van der Waals surface area contributed by atoms with Gasteiger partial charge in [0.2, 0.25) is 0 Å². The Hall–Kier alpha value is -2.02. The number of ether oxygens (including phenoxy) is 1. The normalized spacial score (nSPS) is 16.0. The smallest absolute Gasteiger partial charge is 0.293 e. The molecule has 2 heterocycles. The Morgan fingerprint density at radius 1 is 1.22 bits per heavy atom. The highest BCUT2D eigenvalue weighted by atomic mass is 35.5. The first kappa shape index (κ1) is 19.7. The highest BCUT2D eigenvalue weighted by Gasteiger charge is 2.34. The van der Waals surface area contributed by atoms with Gasteiger partial charge in [-0.1, -0.05) is 17.7 Å². The third-order valence-corrected chi connectivity index (χ3v) is 5.95. The summed E-state index contributed by atoms with van der Waals surface area (Å²) in [5.41, 5.74) is 4.92. The number of methoxy groups -OCH3 is 1. The average Bonchev–Trinajstić information content (AvgIpc) is 3.05. The molecule has 0 saturated carbocycles. The van der Waals surface area contributed by atoms with E-state index in [2.05, 4.69) is 4.57 Å². The van der Waals surface area contributed by atoms with Gasteiger partial charge in [-0.2, -0.15) is 0 Å². The van der Waals surface area contributed by atoms with Crippen LogP contribution in [0.15, 0.2) is 29.2 Å². The van der Waals surface area contributed by atoms with Crippen molar-refractivity contribution in [3.63, 3.8) is 0 Å². The number of hydrogen-bond acceptors (Lipinski definition) is 4. The van der Waals surface area contributed by atoms with Crippen molar-refractivity contribution in [2.75, 3.05) is 20.3 Å². The number of aromatic nitrogens is 1. The van der Waals surface area contributed by atoms with Gasteiger partial charge >= 0.3 is 0 Å². The molecule has 0 N–H and O–H groups in total. The van der Waals surface area contributed by atoms with Gasteiger partial charge in [0.15, 0.2) is 0 Å². The zero-order chi connectivity index (χ0) is 19.7. The summed E-state index contributed by atoms with van der Waals surface area (Å²) in [4.78, 5) is 26.3. The van der Waals surface area contributed by atoms with Gasteiger partial charge in [0.1, 0.15) is 0 Å². The van der Waals surface area contributed by atoms with Crippen LogP contribution in [0.2, 0.25) is 5.02 Å². The van der Waals surface area contributed by atoms with Gasteiger partial charge in [-0.25, -0.2) is 0 Å². The Labute approximate surface area is 167 Å². The molecule has 1 saturated heterocycles. The summed E-state index contributed by atoms with van der Waals surface area (Å²) in [7, 11) is 1.54. The molecule has 0 atom stereocenters. The first-order chi connectivity index (χ1) is 12.8. The fourth-order valence-electron chi connectivity index (χ4n) is 3.16. The van der Waals surface area contributed by atoms with Gasteiger partial charge in [0.25, 0.3) is 11.1 Å². The molecule has 5 nitrogen and oxygen atoms in total. The maximum absolute atomic E-state index is 12.5. The number of carbonyl (C=O) groups excluding carboxylic acids is 2. The first-order valence-corrected chi connectivity index (χ1v) is 9.73. The maximum Gasteiger partial charge on any atom is 0.293 e. The number of benzene rings is 1. The number of thioether (sulfide) groups is 1. The van der Waals surface area contributed by atoms with Crippen LogP contribution < -0.4 is 0 Å². The number of imide groups is 1. The molecule has 27 heavy (non-hydrogen) atoms. The lowest BCUT2D eigenvalue weighted by Gasteiger charge is -2.13. The first-order valence-electron chi connectivity index (χ1n) is 8.54. The second kappa shape index (κ2) is 7.92. The van der Waals surface area contributed by atoms with Crippen molar-refractivity contribution in [2.24, 2.45) is 0 Å². The predicted octanol–water partition coefficient (Wildman–Crippen LogP) is 4.74. The van der Waals surface area contributed by atoms with Crippen LogP contribution in [0.5, 0.6) is 0 Å². The SMILES string of the molecule is COCCN1C(=O)S/C(=C/c2cc(C)n(-c3cccc(Cl)c3C)c2C)C1=O. The second-order valence-corrected chi connectivity index (χ2v) is 7.77. The Kier molecular flexibility index (Phi) is 5.79. The molecule has 3 rings (SSSR count). The van der Waals surface area contributed by atoms with Crippen LogP contribution in [0.1, 0.15) is 22.5 Å². The molecule has 1 aromatic carbocycles. The average molecular weight is 405 g/mol. The zero-order valence-corrected chi connectivity index (χ0v) is 17.3. The molecule has 0 unspecified atom stereocenters. The number of rotatable bonds is 5. The zero-order valence-electron chi connectivity index (χ0n) is 15.7. The van der Waals surface area contributed by atoms with Crippen LogP contribution in [0.25, 0.3) is 11.8 Å². The summed E-state index contributed by atoms with van der Waals surface area (Å²) in [5.74, 6) is -0.272. The number of halogens is 1. The highest BCUT2D eigenvalue weighted by Crippen LogP contribution is 2.34. The topological polar surface area (TPSA) is 51.5 Å². The van der Waals surface area contributed by atoms with Gasteiger partial charge in [-0.3, -0.25) is 14.5 Å². The van der Waals surface area contributed by atoms with Gasteiger partial charge in [-0.05, 0) is 67.9 Å². The minimum absolute atomic E-state index is 0.261. The van der Waals surface area contributed by atoms with Crippen LogP contribution in [-0.2, 0) is 9.53 Å². The third kappa shape index (κ3) is 3.70. The van der Waals surface area contributed by atoms with Gasteiger partial charge in [0.05, 0.1) is 18.1 Å². The van der Waals surface area contributed by atoms with E-state index in [0.717, 1.165) is 40.0 Å². The predicted molar refractivity (Wildman–Crippen MR) is 110 cm³/mol. The lowest BCUT2D eigenvalue weighted by molar-refractivity contribution is -0.123. The summed E-state index contributed by atoms with van der Waals surface area (Å²) in [5, 5.41) is 0.448. The van der Waals surface area contributed by atoms with E-state index in [-0.39, 0.29) is 17.7 Å². The van der Waals surface area contributed by atoms with E-state index in [1.807, 2.05) is 45.0 Å². The Morgan fingerprint density at radius 2 is 1.96 bits per heavy atom. The largest absolute Gasteiger partial charge is 0.383 e. The fraction of sp³-hybridized carbons (Fsp3) is 0.300. The van der Waals surface area contributed by atoms with Crippen LogP contribution >= 0.6 is 23.4 Å². The van der Waals surface area contributed by atoms with Crippen molar-refractivity contribution >= 4 is 40.6 Å². The number of carbonyl (C=O) groups is 2. The molecule has 142 valence electrons. The minimum Gasteiger partial charge on any atom is -0.383 e. The van der Waals surface area contributed by atoms with E-state index in [1.165, 1.54) is 4.90 Å². The van der Waals surface area contributed by atoms with E-state index in [1.54, 1.807) is 13.2 Å². The van der Waals surface area contributed by atoms with Crippen LogP contribution in [0, 0.1) is 20.8 Å². The molecule has 1 aliphatic rings. The molecule has 1 fully saturated rings. The van der Waals surface area contributed by atoms with Gasteiger partial charge in [0, 0.05) is 29.2 Å². The lowest BCUT2D eigenvalue weighted by Crippen LogP contribution is -2.31. The molecule has 0 radical (unpaired) electrons. The molecule has 0 spiro atoms. The Bertz CT molecular complexity index is 949. The molecule has 0 bridgehead atoms. The van der Waals surface area contributed by atoms with Crippen molar-refractivity contribution in [3.8, 4) is 5.69 Å². The van der Waals surface area contributed by atoms with E-state index in [0.29, 0.717) is 16.5 Å². The van der Waals surface area contributed by atoms with E-state index in [9.17, 15) is 9.59 Å². The van der Waals surface area contributed by atoms with E-state index < -0.39 is 0 Å². The standard InChI is InChI=1S/C20H21ClN2O3S/c1-12-10-15(11-18-19(24)22(8-9-26-4)20(25)27-18)14(3)23(12)17-7-5-6-16(21)13(17)2/h5-7,10-11H,8-9H2,1-4H3/b18-11+. The second-order valence-electron chi connectivity index (χ2n) is 6.37. The Balaban J connectivity index is 1.98. The molecule has 2 amide bonds. The van der Waals surface area contributed by atoms with Crippen molar-refractivity contribution in [1.29, 1.82) is 0 Å². The van der Waals surface area contributed by atoms with Gasteiger partial charge < -0.3 is 9.30 Å². The summed E-state index contributed by atoms with van der Waals surface area (Å²) >= 11 is 7.24. The minimum atomic E-state index is -0.272. The number of aryl methyl sites for hydroxylation is 1.